The number of fused-ring (bicyclic) bond motifs is 1. The maximum Gasteiger partial charge on any atom is 0.243 e. The molecule has 3 heterocycles. The Bertz CT molecular complexity index is 738. The summed E-state index contributed by atoms with van der Waals surface area (Å²) in [6, 6.07) is 4.77. The fourth-order valence-electron chi connectivity index (χ4n) is 4.36. The monoisotopic (exact) mass is 339 g/mol. The van der Waals surface area contributed by atoms with Crippen LogP contribution >= 0.6 is 0 Å². The third-order valence-electron chi connectivity index (χ3n) is 5.43. The second-order valence-corrected chi connectivity index (χ2v) is 7.28. The largest absolute Gasteiger partial charge is 0.507 e. The van der Waals surface area contributed by atoms with Crippen LogP contribution in [0.25, 0.3) is 11.3 Å². The van der Waals surface area contributed by atoms with Crippen LogP contribution in [0.1, 0.15) is 36.8 Å². The number of nitrogens with zero attached hydrogens (tertiary/aromatic N) is 4. The Morgan fingerprint density at radius 3 is 2.64 bits per heavy atom. The van der Waals surface area contributed by atoms with Gasteiger partial charge in [-0.3, -0.25) is 4.90 Å². The first kappa shape index (κ1) is 16.3. The number of phenols is 1. The van der Waals surface area contributed by atoms with Crippen molar-refractivity contribution in [2.45, 2.75) is 51.6 Å². The summed E-state index contributed by atoms with van der Waals surface area (Å²) in [5.41, 5.74) is 3.31. The van der Waals surface area contributed by atoms with E-state index in [1.165, 1.54) is 32.4 Å². The molecule has 0 spiro atoms. The standard InChI is InChI=1S/C19H25N5O/c1-12-9-13(2)18(17(25)10-12)15-11-20-19(23-22-15)21-14-5-3-7-24-8-4-6-16(14)24/h9-11,14,16,25H,3-8H2,1-2H3,(H,20,21,23). The quantitative estimate of drug-likeness (QED) is 0.896. The molecular weight excluding hydrogens is 314 g/mol. The lowest BCUT2D eigenvalue weighted by atomic mass is 9.96. The summed E-state index contributed by atoms with van der Waals surface area (Å²) in [7, 11) is 0. The fraction of sp³-hybridized carbons (Fsp3) is 0.526. The molecule has 2 atom stereocenters. The van der Waals surface area contributed by atoms with Crippen molar-refractivity contribution in [3.8, 4) is 17.0 Å². The van der Waals surface area contributed by atoms with Gasteiger partial charge in [0.15, 0.2) is 0 Å². The van der Waals surface area contributed by atoms with Crippen LogP contribution in [0, 0.1) is 13.8 Å². The highest BCUT2D eigenvalue weighted by Crippen LogP contribution is 2.32. The topological polar surface area (TPSA) is 74.2 Å². The molecule has 4 rings (SSSR count). The number of hydrogen-bond acceptors (Lipinski definition) is 6. The van der Waals surface area contributed by atoms with Gasteiger partial charge in [-0.25, -0.2) is 4.98 Å². The van der Waals surface area contributed by atoms with E-state index in [0.29, 0.717) is 29.3 Å². The summed E-state index contributed by atoms with van der Waals surface area (Å²) in [6.07, 6.45) is 6.61. The number of aryl methyl sites for hydroxylation is 2. The number of phenolic OH excluding ortho intramolecular Hbond substituents is 1. The Morgan fingerprint density at radius 2 is 1.92 bits per heavy atom. The van der Waals surface area contributed by atoms with Gasteiger partial charge in [-0.15, -0.1) is 10.2 Å². The van der Waals surface area contributed by atoms with Crippen molar-refractivity contribution in [1.82, 2.24) is 20.1 Å². The molecule has 2 aromatic rings. The molecule has 0 aliphatic carbocycles. The number of nitrogens with one attached hydrogen (secondary N) is 1. The Hall–Kier alpha value is -2.21. The van der Waals surface area contributed by atoms with Crippen molar-refractivity contribution in [2.75, 3.05) is 18.4 Å². The zero-order valence-electron chi connectivity index (χ0n) is 14.9. The summed E-state index contributed by atoms with van der Waals surface area (Å²) < 4.78 is 0. The van der Waals surface area contributed by atoms with E-state index < -0.39 is 0 Å². The van der Waals surface area contributed by atoms with E-state index in [1.807, 2.05) is 19.9 Å². The maximum absolute atomic E-state index is 10.2. The molecule has 0 saturated carbocycles. The molecule has 6 nitrogen and oxygen atoms in total. The Labute approximate surface area is 148 Å². The number of piperidine rings is 1. The van der Waals surface area contributed by atoms with Gasteiger partial charge in [0.1, 0.15) is 11.4 Å². The molecule has 0 bridgehead atoms. The fourth-order valence-corrected chi connectivity index (χ4v) is 4.36. The van der Waals surface area contributed by atoms with Crippen molar-refractivity contribution in [3.05, 3.63) is 29.5 Å². The minimum atomic E-state index is 0.225. The molecule has 0 radical (unpaired) electrons. The highest BCUT2D eigenvalue weighted by Gasteiger charge is 2.34. The van der Waals surface area contributed by atoms with Gasteiger partial charge in [-0.2, -0.15) is 0 Å². The van der Waals surface area contributed by atoms with Gasteiger partial charge in [0.25, 0.3) is 0 Å². The minimum Gasteiger partial charge on any atom is -0.507 e. The van der Waals surface area contributed by atoms with Crippen LogP contribution in [0.2, 0.25) is 0 Å². The van der Waals surface area contributed by atoms with Gasteiger partial charge in [-0.1, -0.05) is 6.07 Å². The van der Waals surface area contributed by atoms with Crippen molar-refractivity contribution in [2.24, 2.45) is 0 Å². The van der Waals surface area contributed by atoms with E-state index in [4.69, 9.17) is 0 Å². The van der Waals surface area contributed by atoms with E-state index in [-0.39, 0.29) is 5.75 Å². The van der Waals surface area contributed by atoms with Crippen LogP contribution in [0.5, 0.6) is 5.75 Å². The minimum absolute atomic E-state index is 0.225. The summed E-state index contributed by atoms with van der Waals surface area (Å²) in [4.78, 5) is 7.03. The van der Waals surface area contributed by atoms with Crippen molar-refractivity contribution in [1.29, 1.82) is 0 Å². The number of aromatic nitrogens is 3. The van der Waals surface area contributed by atoms with Gasteiger partial charge >= 0.3 is 0 Å². The predicted octanol–water partition coefficient (Wildman–Crippen LogP) is 2.90. The average Bonchev–Trinajstić information content (AvgIpc) is 3.05. The summed E-state index contributed by atoms with van der Waals surface area (Å²) in [5, 5.41) is 22.3. The molecule has 2 unspecified atom stereocenters. The SMILES string of the molecule is Cc1cc(C)c(-c2cnc(NC3CCCN4CCCC34)nn2)c(O)c1. The highest BCUT2D eigenvalue weighted by molar-refractivity contribution is 5.70. The first-order chi connectivity index (χ1) is 12.1. The first-order valence-electron chi connectivity index (χ1n) is 9.13. The van der Waals surface area contributed by atoms with Crippen molar-refractivity contribution in [3.63, 3.8) is 0 Å². The molecule has 132 valence electrons. The number of benzene rings is 1. The number of hydrogen-bond donors (Lipinski definition) is 2. The molecule has 1 aromatic heterocycles. The predicted molar refractivity (Wildman–Crippen MR) is 97.6 cm³/mol. The number of rotatable bonds is 3. The summed E-state index contributed by atoms with van der Waals surface area (Å²) >= 11 is 0. The van der Waals surface area contributed by atoms with E-state index in [2.05, 4.69) is 25.4 Å². The Balaban J connectivity index is 1.53. The molecule has 1 aromatic carbocycles. The third kappa shape index (κ3) is 3.18. The molecule has 2 aliphatic heterocycles. The van der Waals surface area contributed by atoms with E-state index in [9.17, 15) is 5.11 Å². The molecule has 2 aliphatic rings. The number of aromatic hydroxyl groups is 1. The average molecular weight is 339 g/mol. The molecule has 25 heavy (non-hydrogen) atoms. The molecule has 2 saturated heterocycles. The van der Waals surface area contributed by atoms with Crippen LogP contribution in [0.3, 0.4) is 0 Å². The zero-order valence-corrected chi connectivity index (χ0v) is 14.9. The van der Waals surface area contributed by atoms with Crippen LogP contribution in [-0.4, -0.2) is 50.4 Å². The lowest BCUT2D eigenvalue weighted by Gasteiger charge is -2.36. The highest BCUT2D eigenvalue weighted by atomic mass is 16.3. The van der Waals surface area contributed by atoms with E-state index >= 15 is 0 Å². The van der Waals surface area contributed by atoms with Crippen molar-refractivity contribution < 1.29 is 5.11 Å². The van der Waals surface area contributed by atoms with E-state index in [1.54, 1.807) is 12.3 Å². The van der Waals surface area contributed by atoms with Crippen molar-refractivity contribution >= 4 is 5.95 Å². The van der Waals surface area contributed by atoms with Crippen LogP contribution in [-0.2, 0) is 0 Å². The summed E-state index contributed by atoms with van der Waals surface area (Å²) in [6.45, 7) is 6.36. The maximum atomic E-state index is 10.2. The second-order valence-electron chi connectivity index (χ2n) is 7.28. The van der Waals surface area contributed by atoms with Gasteiger partial charge in [0, 0.05) is 17.6 Å². The van der Waals surface area contributed by atoms with Gasteiger partial charge in [0.2, 0.25) is 5.95 Å². The molecular formula is C19H25N5O. The van der Waals surface area contributed by atoms with Gasteiger partial charge < -0.3 is 10.4 Å². The number of anilines is 1. The second kappa shape index (κ2) is 6.59. The Morgan fingerprint density at radius 1 is 1.12 bits per heavy atom. The lowest BCUT2D eigenvalue weighted by Crippen LogP contribution is -2.47. The molecule has 6 heteroatoms. The van der Waals surface area contributed by atoms with Crippen LogP contribution < -0.4 is 5.32 Å². The van der Waals surface area contributed by atoms with Gasteiger partial charge in [0.05, 0.1) is 6.20 Å². The molecule has 2 N–H and O–H groups in total. The lowest BCUT2D eigenvalue weighted by molar-refractivity contribution is 0.182. The zero-order chi connectivity index (χ0) is 17.4. The third-order valence-corrected chi connectivity index (χ3v) is 5.43. The molecule has 0 amide bonds. The van der Waals surface area contributed by atoms with E-state index in [0.717, 1.165) is 17.5 Å². The first-order valence-corrected chi connectivity index (χ1v) is 9.13. The summed E-state index contributed by atoms with van der Waals surface area (Å²) in [5.74, 6) is 0.801. The normalized spacial score (nSPS) is 23.4. The smallest absolute Gasteiger partial charge is 0.243 e. The molecule has 2 fully saturated rings. The Kier molecular flexibility index (Phi) is 4.29. The van der Waals surface area contributed by atoms with Crippen LogP contribution in [0.4, 0.5) is 5.95 Å². The van der Waals surface area contributed by atoms with Gasteiger partial charge in [-0.05, 0) is 69.8 Å². The van der Waals surface area contributed by atoms with Crippen LogP contribution in [0.15, 0.2) is 18.3 Å².